The summed E-state index contributed by atoms with van der Waals surface area (Å²) in [5.41, 5.74) is 5.12. The van der Waals surface area contributed by atoms with Gasteiger partial charge in [-0.1, -0.05) is 19.1 Å². The lowest BCUT2D eigenvalue weighted by molar-refractivity contribution is -0.137. The monoisotopic (exact) mass is 245 g/mol. The number of hydrogen-bond acceptors (Lipinski definition) is 2. The molecule has 2 nitrogen and oxygen atoms in total. The quantitative estimate of drug-likeness (QED) is 0.828. The normalized spacial score (nSPS) is 13.5. The molecule has 0 heterocycles. The third kappa shape index (κ3) is 3.85. The van der Waals surface area contributed by atoms with Crippen molar-refractivity contribution in [1.29, 1.82) is 0 Å². The topological polar surface area (TPSA) is 43.1 Å². The molecule has 2 N–H and O–H groups in total. The van der Waals surface area contributed by atoms with Crippen molar-refractivity contribution in [3.05, 3.63) is 35.4 Å². The minimum absolute atomic E-state index is 0.155. The molecule has 0 aliphatic carbocycles. The maximum atomic E-state index is 12.3. The number of nitrogens with two attached hydrogens (primary N) is 1. The molecule has 0 radical (unpaired) electrons. The zero-order valence-corrected chi connectivity index (χ0v) is 9.42. The van der Waals surface area contributed by atoms with Gasteiger partial charge in [0.15, 0.2) is 5.78 Å². The Hall–Kier alpha value is -1.36. The summed E-state index contributed by atoms with van der Waals surface area (Å²) in [6, 6.07) is 3.95. The Balaban J connectivity index is 2.78. The van der Waals surface area contributed by atoms with Crippen LogP contribution in [0.15, 0.2) is 24.3 Å². The molecule has 17 heavy (non-hydrogen) atoms. The number of carbonyl (C=O) groups is 1. The van der Waals surface area contributed by atoms with E-state index in [1.165, 1.54) is 12.1 Å². The summed E-state index contributed by atoms with van der Waals surface area (Å²) in [5.74, 6) is -0.229. The average Bonchev–Trinajstić information content (AvgIpc) is 2.27. The summed E-state index contributed by atoms with van der Waals surface area (Å²) in [5, 5.41) is 0. The Bertz CT molecular complexity index is 384. The van der Waals surface area contributed by atoms with Gasteiger partial charge in [0.2, 0.25) is 0 Å². The maximum Gasteiger partial charge on any atom is 0.416 e. The highest BCUT2D eigenvalue weighted by Crippen LogP contribution is 2.29. The number of ketones is 1. The lowest BCUT2D eigenvalue weighted by Gasteiger charge is -2.09. The first-order chi connectivity index (χ1) is 7.84. The molecule has 0 fully saturated rings. The van der Waals surface area contributed by atoms with Crippen molar-refractivity contribution in [2.45, 2.75) is 32.0 Å². The van der Waals surface area contributed by atoms with Crippen molar-refractivity contribution in [3.8, 4) is 0 Å². The summed E-state index contributed by atoms with van der Waals surface area (Å²) < 4.78 is 36.8. The standard InChI is InChI=1S/C12H14F3NO/c1-2-10(16)7-11(17)8-3-5-9(6-4-8)12(13,14)15/h3-6,10H,2,7,16H2,1H3. The van der Waals surface area contributed by atoms with Crippen molar-refractivity contribution >= 4 is 5.78 Å². The van der Waals surface area contributed by atoms with Gasteiger partial charge < -0.3 is 5.73 Å². The van der Waals surface area contributed by atoms with Crippen molar-refractivity contribution in [1.82, 2.24) is 0 Å². The van der Waals surface area contributed by atoms with E-state index in [2.05, 4.69) is 0 Å². The second-order valence-electron chi connectivity index (χ2n) is 3.87. The Kier molecular flexibility index (Phi) is 4.28. The third-order valence-electron chi connectivity index (χ3n) is 2.51. The van der Waals surface area contributed by atoms with E-state index in [0.29, 0.717) is 6.42 Å². The Morgan fingerprint density at radius 2 is 1.82 bits per heavy atom. The van der Waals surface area contributed by atoms with E-state index < -0.39 is 11.7 Å². The molecule has 1 atom stereocenters. The molecule has 0 amide bonds. The molecule has 1 aromatic rings. The first-order valence-corrected chi connectivity index (χ1v) is 5.30. The Labute approximate surface area is 97.6 Å². The van der Waals surface area contributed by atoms with Gasteiger partial charge in [0.1, 0.15) is 0 Å². The van der Waals surface area contributed by atoms with Crippen LogP contribution in [0.5, 0.6) is 0 Å². The first-order valence-electron chi connectivity index (χ1n) is 5.30. The van der Waals surface area contributed by atoms with Gasteiger partial charge in [0.25, 0.3) is 0 Å². The van der Waals surface area contributed by atoms with Gasteiger partial charge in [0.05, 0.1) is 5.56 Å². The van der Waals surface area contributed by atoms with Gasteiger partial charge in [-0.15, -0.1) is 0 Å². The second kappa shape index (κ2) is 5.31. The zero-order valence-electron chi connectivity index (χ0n) is 9.42. The first kappa shape index (κ1) is 13.7. The van der Waals surface area contributed by atoms with E-state index in [-0.39, 0.29) is 23.8 Å². The highest BCUT2D eigenvalue weighted by atomic mass is 19.4. The van der Waals surface area contributed by atoms with Crippen LogP contribution in [-0.4, -0.2) is 11.8 Å². The van der Waals surface area contributed by atoms with Gasteiger partial charge in [0, 0.05) is 18.0 Å². The molecule has 0 aliphatic heterocycles. The van der Waals surface area contributed by atoms with Crippen LogP contribution in [0.3, 0.4) is 0 Å². The molecule has 1 rings (SSSR count). The molecule has 0 saturated carbocycles. The van der Waals surface area contributed by atoms with E-state index in [9.17, 15) is 18.0 Å². The number of alkyl halides is 3. The minimum atomic E-state index is -4.37. The number of Topliss-reactive ketones (excluding diaryl/α,β-unsaturated/α-hetero) is 1. The van der Waals surface area contributed by atoms with Gasteiger partial charge in [-0.25, -0.2) is 0 Å². The van der Waals surface area contributed by atoms with Crippen LogP contribution in [0.1, 0.15) is 35.7 Å². The largest absolute Gasteiger partial charge is 0.416 e. The van der Waals surface area contributed by atoms with Crippen LogP contribution >= 0.6 is 0 Å². The third-order valence-corrected chi connectivity index (χ3v) is 2.51. The van der Waals surface area contributed by atoms with Crippen LogP contribution in [0.25, 0.3) is 0 Å². The van der Waals surface area contributed by atoms with Crippen molar-refractivity contribution in [3.63, 3.8) is 0 Å². The molecule has 0 aromatic heterocycles. The smallest absolute Gasteiger partial charge is 0.327 e. The maximum absolute atomic E-state index is 12.3. The number of hydrogen-bond donors (Lipinski definition) is 1. The van der Waals surface area contributed by atoms with E-state index >= 15 is 0 Å². The lowest BCUT2D eigenvalue weighted by atomic mass is 10.0. The van der Waals surface area contributed by atoms with Crippen LogP contribution in [-0.2, 0) is 6.18 Å². The number of halogens is 3. The predicted octanol–water partition coefficient (Wildman–Crippen LogP) is 3.02. The van der Waals surface area contributed by atoms with Gasteiger partial charge >= 0.3 is 6.18 Å². The van der Waals surface area contributed by atoms with E-state index in [4.69, 9.17) is 5.73 Å². The SMILES string of the molecule is CCC(N)CC(=O)c1ccc(C(F)(F)F)cc1. The molecule has 0 bridgehead atoms. The van der Waals surface area contributed by atoms with Crippen LogP contribution in [0, 0.1) is 0 Å². The number of benzene rings is 1. The zero-order chi connectivity index (χ0) is 13.1. The summed E-state index contributed by atoms with van der Waals surface area (Å²) >= 11 is 0. The molecule has 5 heteroatoms. The Morgan fingerprint density at radius 3 is 2.24 bits per heavy atom. The van der Waals surface area contributed by atoms with Crippen LogP contribution in [0.2, 0.25) is 0 Å². The molecular formula is C12H14F3NO. The van der Waals surface area contributed by atoms with Crippen LogP contribution in [0.4, 0.5) is 13.2 Å². The van der Waals surface area contributed by atoms with E-state index in [1.807, 2.05) is 6.92 Å². The summed E-state index contributed by atoms with van der Waals surface area (Å²) in [6.07, 6.45) is -3.56. The molecule has 0 aliphatic rings. The van der Waals surface area contributed by atoms with Gasteiger partial charge in [-0.3, -0.25) is 4.79 Å². The minimum Gasteiger partial charge on any atom is -0.327 e. The highest BCUT2D eigenvalue weighted by Gasteiger charge is 2.30. The molecule has 0 spiro atoms. The second-order valence-corrected chi connectivity index (χ2v) is 3.87. The fourth-order valence-electron chi connectivity index (χ4n) is 1.35. The van der Waals surface area contributed by atoms with E-state index in [0.717, 1.165) is 12.1 Å². The molecular weight excluding hydrogens is 231 g/mol. The van der Waals surface area contributed by atoms with Crippen molar-refractivity contribution in [2.24, 2.45) is 5.73 Å². The van der Waals surface area contributed by atoms with E-state index in [1.54, 1.807) is 0 Å². The van der Waals surface area contributed by atoms with Crippen molar-refractivity contribution < 1.29 is 18.0 Å². The lowest BCUT2D eigenvalue weighted by Crippen LogP contribution is -2.22. The molecule has 1 unspecified atom stereocenters. The molecule has 94 valence electrons. The summed E-state index contributed by atoms with van der Waals surface area (Å²) in [4.78, 5) is 11.6. The molecule has 0 saturated heterocycles. The number of rotatable bonds is 4. The van der Waals surface area contributed by atoms with Gasteiger partial charge in [-0.2, -0.15) is 13.2 Å². The fourth-order valence-corrected chi connectivity index (χ4v) is 1.35. The fraction of sp³-hybridized carbons (Fsp3) is 0.417. The highest BCUT2D eigenvalue weighted by molar-refractivity contribution is 5.96. The number of carbonyl (C=O) groups excluding carboxylic acids is 1. The molecule has 1 aromatic carbocycles. The van der Waals surface area contributed by atoms with Gasteiger partial charge in [-0.05, 0) is 18.6 Å². The summed E-state index contributed by atoms with van der Waals surface area (Å²) in [7, 11) is 0. The summed E-state index contributed by atoms with van der Waals surface area (Å²) in [6.45, 7) is 1.85. The average molecular weight is 245 g/mol. The van der Waals surface area contributed by atoms with Crippen molar-refractivity contribution in [2.75, 3.05) is 0 Å². The van der Waals surface area contributed by atoms with Crippen LogP contribution < -0.4 is 5.73 Å². The Morgan fingerprint density at radius 1 is 1.29 bits per heavy atom. The predicted molar refractivity (Wildman–Crippen MR) is 58.7 cm³/mol.